The Balaban J connectivity index is 1.28. The molecule has 0 spiro atoms. The lowest BCUT2D eigenvalue weighted by atomic mass is 9.96. The molecule has 1 saturated heterocycles. The number of aliphatic hydroxyl groups excluding tert-OH is 1. The van der Waals surface area contributed by atoms with Crippen molar-refractivity contribution in [2.45, 2.75) is 45.4 Å². The van der Waals surface area contributed by atoms with E-state index in [0.29, 0.717) is 11.6 Å². The molecule has 1 N–H and O–H groups in total. The number of nitrogens with zero attached hydrogens (tertiary/aromatic N) is 4. The lowest BCUT2D eigenvalue weighted by Crippen LogP contribution is -2.34. The third-order valence-corrected chi connectivity index (χ3v) is 5.30. The van der Waals surface area contributed by atoms with Gasteiger partial charge in [-0.05, 0) is 56.0 Å². The Morgan fingerprint density at radius 2 is 2.16 bits per heavy atom. The van der Waals surface area contributed by atoms with Gasteiger partial charge in [-0.1, -0.05) is 17.3 Å². The summed E-state index contributed by atoms with van der Waals surface area (Å²) < 4.78 is 7.47. The topological polar surface area (TPSA) is 63.4 Å². The molecule has 0 bridgehead atoms. The van der Waals surface area contributed by atoms with Gasteiger partial charge >= 0.3 is 0 Å². The number of piperidine rings is 1. The summed E-state index contributed by atoms with van der Waals surface area (Å²) in [7, 11) is 0. The summed E-state index contributed by atoms with van der Waals surface area (Å²) >= 11 is 0. The molecule has 6 nitrogen and oxygen atoms in total. The summed E-state index contributed by atoms with van der Waals surface area (Å²) in [4.78, 5) is 2.54. The van der Waals surface area contributed by atoms with Gasteiger partial charge in [0.25, 0.3) is 0 Å². The second-order valence-electron chi connectivity index (χ2n) is 7.30. The number of fused-ring (bicyclic) bond motifs is 1. The lowest BCUT2D eigenvalue weighted by molar-refractivity contribution is 0.164. The van der Waals surface area contributed by atoms with E-state index in [1.165, 1.54) is 24.0 Å². The van der Waals surface area contributed by atoms with Crippen LogP contribution in [-0.4, -0.2) is 44.7 Å². The zero-order chi connectivity index (χ0) is 17.2. The molecule has 6 heteroatoms. The van der Waals surface area contributed by atoms with Gasteiger partial charge in [0.2, 0.25) is 0 Å². The van der Waals surface area contributed by atoms with Crippen LogP contribution in [0.25, 0.3) is 0 Å². The molecule has 4 rings (SSSR count). The molecule has 0 aliphatic carbocycles. The standard InChI is InChI=1S/C19H26N4O2/c1-14(24)18-13-23(21-20-18)12-15-4-7-22(8-5-15)11-16-2-3-19-17(10-16)6-9-25-19/h2-3,10,13-15,24H,4-9,11-12H2,1H3/t14-/m0/s1. The molecule has 2 aliphatic heterocycles. The zero-order valence-corrected chi connectivity index (χ0v) is 14.8. The minimum absolute atomic E-state index is 0.548. The van der Waals surface area contributed by atoms with E-state index in [0.717, 1.165) is 45.0 Å². The second-order valence-corrected chi connectivity index (χ2v) is 7.30. The van der Waals surface area contributed by atoms with Gasteiger partial charge in [-0.2, -0.15) is 0 Å². The number of hydrogen-bond acceptors (Lipinski definition) is 5. The summed E-state index contributed by atoms with van der Waals surface area (Å²) in [5.74, 6) is 1.69. The predicted molar refractivity (Wildman–Crippen MR) is 94.3 cm³/mol. The fourth-order valence-electron chi connectivity index (χ4n) is 3.78. The molecule has 0 radical (unpaired) electrons. The van der Waals surface area contributed by atoms with Crippen molar-refractivity contribution < 1.29 is 9.84 Å². The Labute approximate surface area is 148 Å². The van der Waals surface area contributed by atoms with Crippen molar-refractivity contribution >= 4 is 0 Å². The van der Waals surface area contributed by atoms with Crippen molar-refractivity contribution in [1.29, 1.82) is 0 Å². The van der Waals surface area contributed by atoms with Crippen LogP contribution in [0.1, 0.15) is 42.7 Å². The fourth-order valence-corrected chi connectivity index (χ4v) is 3.78. The van der Waals surface area contributed by atoms with Crippen LogP contribution >= 0.6 is 0 Å². The Hall–Kier alpha value is -1.92. The van der Waals surface area contributed by atoms with E-state index in [9.17, 15) is 5.11 Å². The highest BCUT2D eigenvalue weighted by atomic mass is 16.5. The summed E-state index contributed by atoms with van der Waals surface area (Å²) in [5, 5.41) is 17.7. The van der Waals surface area contributed by atoms with Crippen LogP contribution in [0.15, 0.2) is 24.4 Å². The third kappa shape index (κ3) is 3.85. The van der Waals surface area contributed by atoms with Crippen molar-refractivity contribution in [1.82, 2.24) is 19.9 Å². The number of aromatic nitrogens is 3. The summed E-state index contributed by atoms with van der Waals surface area (Å²) in [5.41, 5.74) is 3.39. The van der Waals surface area contributed by atoms with Gasteiger partial charge in [0.15, 0.2) is 0 Å². The summed E-state index contributed by atoms with van der Waals surface area (Å²) in [6.07, 6.45) is 4.71. The highest BCUT2D eigenvalue weighted by molar-refractivity contribution is 5.39. The maximum absolute atomic E-state index is 9.55. The Kier molecular flexibility index (Phi) is 4.72. The van der Waals surface area contributed by atoms with Crippen LogP contribution in [0.2, 0.25) is 0 Å². The Morgan fingerprint density at radius 1 is 1.32 bits per heavy atom. The SMILES string of the molecule is C[C@H](O)c1cn(CC2CCN(Cc3ccc4c(c3)CCO4)CC2)nn1. The number of benzene rings is 1. The van der Waals surface area contributed by atoms with E-state index in [4.69, 9.17) is 4.74 Å². The lowest BCUT2D eigenvalue weighted by Gasteiger charge is -2.31. The first-order chi connectivity index (χ1) is 12.2. The molecule has 0 amide bonds. The smallest absolute Gasteiger partial charge is 0.122 e. The number of hydrogen-bond donors (Lipinski definition) is 1. The molecular weight excluding hydrogens is 316 g/mol. The fraction of sp³-hybridized carbons (Fsp3) is 0.579. The number of likely N-dealkylation sites (tertiary alicyclic amines) is 1. The molecule has 1 aromatic carbocycles. The quantitative estimate of drug-likeness (QED) is 0.902. The minimum atomic E-state index is -0.548. The van der Waals surface area contributed by atoms with Crippen LogP contribution in [0.3, 0.4) is 0 Å². The Morgan fingerprint density at radius 3 is 2.92 bits per heavy atom. The maximum Gasteiger partial charge on any atom is 0.122 e. The minimum Gasteiger partial charge on any atom is -0.493 e. The second kappa shape index (κ2) is 7.14. The highest BCUT2D eigenvalue weighted by Gasteiger charge is 2.21. The maximum atomic E-state index is 9.55. The van der Waals surface area contributed by atoms with Gasteiger partial charge in [-0.25, -0.2) is 0 Å². The van der Waals surface area contributed by atoms with Crippen LogP contribution in [0.5, 0.6) is 5.75 Å². The van der Waals surface area contributed by atoms with E-state index in [1.807, 2.05) is 10.9 Å². The molecular formula is C19H26N4O2. The van der Waals surface area contributed by atoms with Crippen molar-refractivity contribution in [3.8, 4) is 5.75 Å². The number of aliphatic hydroxyl groups is 1. The molecule has 1 aromatic heterocycles. The van der Waals surface area contributed by atoms with Crippen molar-refractivity contribution in [3.63, 3.8) is 0 Å². The van der Waals surface area contributed by atoms with Gasteiger partial charge in [-0.3, -0.25) is 9.58 Å². The van der Waals surface area contributed by atoms with Crippen LogP contribution in [0, 0.1) is 5.92 Å². The highest BCUT2D eigenvalue weighted by Crippen LogP contribution is 2.27. The third-order valence-electron chi connectivity index (χ3n) is 5.30. The van der Waals surface area contributed by atoms with E-state index in [2.05, 4.69) is 33.4 Å². The van der Waals surface area contributed by atoms with Gasteiger partial charge in [0.1, 0.15) is 11.4 Å². The monoisotopic (exact) mass is 342 g/mol. The van der Waals surface area contributed by atoms with Crippen molar-refractivity contribution in [3.05, 3.63) is 41.2 Å². The average molecular weight is 342 g/mol. The largest absolute Gasteiger partial charge is 0.493 e. The predicted octanol–water partition coefficient (Wildman–Crippen LogP) is 2.18. The molecule has 25 heavy (non-hydrogen) atoms. The first kappa shape index (κ1) is 16.5. The van der Waals surface area contributed by atoms with E-state index < -0.39 is 6.10 Å². The van der Waals surface area contributed by atoms with Crippen LogP contribution < -0.4 is 4.74 Å². The summed E-state index contributed by atoms with van der Waals surface area (Å²) in [6, 6.07) is 6.62. The summed E-state index contributed by atoms with van der Waals surface area (Å²) in [6.45, 7) is 6.70. The van der Waals surface area contributed by atoms with Crippen molar-refractivity contribution in [2.75, 3.05) is 19.7 Å². The molecule has 0 saturated carbocycles. The van der Waals surface area contributed by atoms with Crippen LogP contribution in [0.4, 0.5) is 0 Å². The molecule has 134 valence electrons. The number of rotatable bonds is 5. The zero-order valence-electron chi connectivity index (χ0n) is 14.8. The van der Waals surface area contributed by atoms with Gasteiger partial charge in [-0.15, -0.1) is 5.10 Å². The normalized spacial score (nSPS) is 19.6. The van der Waals surface area contributed by atoms with Gasteiger partial charge < -0.3 is 9.84 Å². The molecule has 3 heterocycles. The average Bonchev–Trinajstić information content (AvgIpc) is 3.25. The van der Waals surface area contributed by atoms with Gasteiger partial charge in [0.05, 0.1) is 18.9 Å². The van der Waals surface area contributed by atoms with E-state index in [-0.39, 0.29) is 0 Å². The molecule has 0 unspecified atom stereocenters. The molecule has 2 aliphatic rings. The molecule has 1 fully saturated rings. The number of ether oxygens (including phenoxy) is 1. The Bertz CT molecular complexity index is 720. The van der Waals surface area contributed by atoms with E-state index in [1.54, 1.807) is 6.92 Å². The first-order valence-corrected chi connectivity index (χ1v) is 9.22. The molecule has 2 aromatic rings. The molecule has 1 atom stereocenters. The first-order valence-electron chi connectivity index (χ1n) is 9.22. The van der Waals surface area contributed by atoms with Crippen molar-refractivity contribution in [2.24, 2.45) is 5.92 Å². The van der Waals surface area contributed by atoms with Gasteiger partial charge in [0, 0.05) is 19.5 Å². The van der Waals surface area contributed by atoms with Crippen LogP contribution in [-0.2, 0) is 19.5 Å². The van der Waals surface area contributed by atoms with E-state index >= 15 is 0 Å².